The molecule has 0 bridgehead atoms. The van der Waals surface area contributed by atoms with Crippen LogP contribution in [0.25, 0.3) is 0 Å². The van der Waals surface area contributed by atoms with Crippen molar-refractivity contribution in [2.75, 3.05) is 19.7 Å². The Kier molecular flexibility index (Phi) is 5.55. The lowest BCUT2D eigenvalue weighted by Crippen LogP contribution is -2.41. The topological polar surface area (TPSA) is 71.5 Å². The summed E-state index contributed by atoms with van der Waals surface area (Å²) in [6.07, 6.45) is 5.80. The summed E-state index contributed by atoms with van der Waals surface area (Å²) in [5.41, 5.74) is 1.15. The quantitative estimate of drug-likeness (QED) is 0.838. The molecule has 0 spiro atoms. The van der Waals surface area contributed by atoms with Crippen molar-refractivity contribution in [3.63, 3.8) is 0 Å². The monoisotopic (exact) mass is 379 g/mol. The second-order valence-corrected chi connectivity index (χ2v) is 7.56. The molecule has 2 fully saturated rings. The molecule has 1 N–H and O–H groups in total. The van der Waals surface area contributed by atoms with Crippen molar-refractivity contribution >= 4 is 11.8 Å². The number of hydrogen-bond donors (Lipinski definition) is 1. The van der Waals surface area contributed by atoms with Crippen LogP contribution in [0, 0.1) is 5.92 Å². The Labute approximate surface area is 164 Å². The van der Waals surface area contributed by atoms with E-state index >= 15 is 0 Å². The van der Waals surface area contributed by atoms with Gasteiger partial charge in [-0.15, -0.1) is 0 Å². The first-order chi connectivity index (χ1) is 13.7. The molecule has 1 atom stereocenters. The predicted octanol–water partition coefficient (Wildman–Crippen LogP) is 2.91. The highest BCUT2D eigenvalue weighted by molar-refractivity contribution is 5.94. The molecular weight excluding hydrogens is 354 g/mol. The Morgan fingerprint density at radius 3 is 2.64 bits per heavy atom. The van der Waals surface area contributed by atoms with Crippen LogP contribution < -0.4 is 10.1 Å². The average Bonchev–Trinajstić information content (AvgIpc) is 3.57. The number of pyridine rings is 1. The molecule has 6 nitrogen and oxygen atoms in total. The molecule has 2 heterocycles. The minimum absolute atomic E-state index is 0.0173. The third-order valence-corrected chi connectivity index (χ3v) is 5.20. The van der Waals surface area contributed by atoms with Crippen LogP contribution in [-0.2, 0) is 0 Å². The van der Waals surface area contributed by atoms with E-state index in [1.165, 1.54) is 0 Å². The zero-order valence-electron chi connectivity index (χ0n) is 15.8. The number of aromatic nitrogens is 1. The fourth-order valence-corrected chi connectivity index (χ4v) is 3.45. The molecule has 0 radical (unpaired) electrons. The van der Waals surface area contributed by atoms with Crippen LogP contribution in [0.15, 0.2) is 48.7 Å². The number of amides is 2. The summed E-state index contributed by atoms with van der Waals surface area (Å²) < 4.78 is 5.92. The molecule has 1 aromatic carbocycles. The maximum atomic E-state index is 12.6. The van der Waals surface area contributed by atoms with Crippen molar-refractivity contribution in [1.82, 2.24) is 15.2 Å². The van der Waals surface area contributed by atoms with Gasteiger partial charge in [-0.2, -0.15) is 0 Å². The average molecular weight is 379 g/mol. The molecule has 6 heteroatoms. The molecular formula is C22H25N3O3. The highest BCUT2D eigenvalue weighted by Crippen LogP contribution is 2.22. The number of nitrogens with zero attached hydrogens (tertiary/aromatic N) is 2. The van der Waals surface area contributed by atoms with Crippen molar-refractivity contribution in [3.8, 4) is 5.75 Å². The van der Waals surface area contributed by atoms with Crippen molar-refractivity contribution in [3.05, 3.63) is 59.9 Å². The van der Waals surface area contributed by atoms with Crippen LogP contribution in [-0.4, -0.2) is 47.4 Å². The first-order valence-corrected chi connectivity index (χ1v) is 9.93. The highest BCUT2D eigenvalue weighted by atomic mass is 16.5. The fourth-order valence-electron chi connectivity index (χ4n) is 3.45. The van der Waals surface area contributed by atoms with Crippen LogP contribution in [0.1, 0.15) is 46.5 Å². The maximum Gasteiger partial charge on any atom is 0.272 e. The van der Waals surface area contributed by atoms with Gasteiger partial charge in [0.1, 0.15) is 11.4 Å². The number of piperidine rings is 1. The summed E-state index contributed by atoms with van der Waals surface area (Å²) in [4.78, 5) is 30.6. The lowest BCUT2D eigenvalue weighted by molar-refractivity contribution is 0.0627. The van der Waals surface area contributed by atoms with E-state index in [1.54, 1.807) is 24.4 Å². The molecule has 1 aliphatic heterocycles. The van der Waals surface area contributed by atoms with Crippen LogP contribution in [0.3, 0.4) is 0 Å². The van der Waals surface area contributed by atoms with E-state index in [4.69, 9.17) is 4.74 Å². The van der Waals surface area contributed by atoms with E-state index in [2.05, 4.69) is 10.3 Å². The molecule has 28 heavy (non-hydrogen) atoms. The van der Waals surface area contributed by atoms with Gasteiger partial charge >= 0.3 is 0 Å². The number of benzene rings is 1. The number of rotatable bonds is 6. The zero-order valence-corrected chi connectivity index (χ0v) is 15.8. The Hall–Kier alpha value is -2.89. The van der Waals surface area contributed by atoms with E-state index in [-0.39, 0.29) is 11.8 Å². The normalized spacial score (nSPS) is 19.1. The second kappa shape index (κ2) is 8.42. The van der Waals surface area contributed by atoms with Gasteiger partial charge in [0.2, 0.25) is 0 Å². The van der Waals surface area contributed by atoms with Gasteiger partial charge < -0.3 is 15.0 Å². The first kappa shape index (κ1) is 18.5. The molecule has 1 aromatic heterocycles. The van der Waals surface area contributed by atoms with Crippen LogP contribution in [0.2, 0.25) is 0 Å². The second-order valence-electron chi connectivity index (χ2n) is 7.56. The molecule has 146 valence electrons. The smallest absolute Gasteiger partial charge is 0.272 e. The third-order valence-electron chi connectivity index (χ3n) is 5.20. The maximum absolute atomic E-state index is 12.6. The van der Waals surface area contributed by atoms with Crippen LogP contribution in [0.4, 0.5) is 0 Å². The van der Waals surface area contributed by atoms with E-state index in [0.29, 0.717) is 36.4 Å². The van der Waals surface area contributed by atoms with Crippen molar-refractivity contribution in [2.45, 2.75) is 31.7 Å². The number of nitrogens with one attached hydrogen (secondary N) is 1. The lowest BCUT2D eigenvalue weighted by atomic mass is 9.98. The van der Waals surface area contributed by atoms with E-state index in [0.717, 1.165) is 38.0 Å². The summed E-state index contributed by atoms with van der Waals surface area (Å²) in [5.74, 6) is 0.997. The third kappa shape index (κ3) is 4.68. The van der Waals surface area contributed by atoms with E-state index in [1.807, 2.05) is 29.2 Å². The van der Waals surface area contributed by atoms with Crippen molar-refractivity contribution < 1.29 is 14.3 Å². The standard InChI is InChI=1S/C22H25N3O3/c26-21(24-18-8-9-18)17-6-10-19(11-7-17)28-15-16-4-3-13-25(14-16)22(27)20-5-1-2-12-23-20/h1-2,5-7,10-12,16,18H,3-4,8-9,13-15H2,(H,24,26)/t16-/m0/s1. The van der Waals surface area contributed by atoms with Gasteiger partial charge in [0.15, 0.2) is 0 Å². The predicted molar refractivity (Wildman–Crippen MR) is 105 cm³/mol. The Balaban J connectivity index is 1.28. The summed E-state index contributed by atoms with van der Waals surface area (Å²) in [6, 6.07) is 13.0. The lowest BCUT2D eigenvalue weighted by Gasteiger charge is -2.32. The molecule has 1 saturated heterocycles. The van der Waals surface area contributed by atoms with Gasteiger partial charge in [0.25, 0.3) is 11.8 Å². The summed E-state index contributed by atoms with van der Waals surface area (Å²) in [6.45, 7) is 1.99. The number of likely N-dealkylation sites (tertiary alicyclic amines) is 1. The molecule has 2 aromatic rings. The largest absolute Gasteiger partial charge is 0.493 e. The number of hydrogen-bond acceptors (Lipinski definition) is 4. The van der Waals surface area contributed by atoms with Crippen molar-refractivity contribution in [2.24, 2.45) is 5.92 Å². The van der Waals surface area contributed by atoms with Gasteiger partial charge in [-0.3, -0.25) is 14.6 Å². The highest BCUT2D eigenvalue weighted by Gasteiger charge is 2.26. The van der Waals surface area contributed by atoms with Crippen LogP contribution in [0.5, 0.6) is 5.75 Å². The minimum atomic E-state index is -0.0231. The van der Waals surface area contributed by atoms with E-state index in [9.17, 15) is 9.59 Å². The number of carbonyl (C=O) groups excluding carboxylic acids is 2. The zero-order chi connectivity index (χ0) is 19.3. The van der Waals surface area contributed by atoms with Gasteiger partial charge in [-0.1, -0.05) is 6.07 Å². The summed E-state index contributed by atoms with van der Waals surface area (Å²) >= 11 is 0. The minimum Gasteiger partial charge on any atom is -0.493 e. The summed E-state index contributed by atoms with van der Waals surface area (Å²) in [5, 5.41) is 2.98. The number of ether oxygens (including phenoxy) is 1. The molecule has 4 rings (SSSR count). The molecule has 2 aliphatic rings. The molecule has 1 saturated carbocycles. The SMILES string of the molecule is O=C(NC1CC1)c1ccc(OC[C@H]2CCCN(C(=O)c3ccccn3)C2)cc1. The van der Waals surface area contributed by atoms with Gasteiger partial charge in [-0.05, 0) is 62.1 Å². The molecule has 2 amide bonds. The fraction of sp³-hybridized carbons (Fsp3) is 0.409. The first-order valence-electron chi connectivity index (χ1n) is 9.93. The molecule has 1 aliphatic carbocycles. The van der Waals surface area contributed by atoms with Crippen molar-refractivity contribution in [1.29, 1.82) is 0 Å². The van der Waals surface area contributed by atoms with Crippen LogP contribution >= 0.6 is 0 Å². The van der Waals surface area contributed by atoms with Gasteiger partial charge in [-0.25, -0.2) is 0 Å². The molecule has 0 unspecified atom stereocenters. The van der Waals surface area contributed by atoms with Gasteiger partial charge in [0, 0.05) is 36.8 Å². The Bertz CT molecular complexity index is 819. The van der Waals surface area contributed by atoms with Gasteiger partial charge in [0.05, 0.1) is 6.61 Å². The number of carbonyl (C=O) groups is 2. The summed E-state index contributed by atoms with van der Waals surface area (Å²) in [7, 11) is 0. The van der Waals surface area contributed by atoms with E-state index < -0.39 is 0 Å². The Morgan fingerprint density at radius 2 is 1.93 bits per heavy atom. The Morgan fingerprint density at radius 1 is 1.11 bits per heavy atom.